The molecule has 1 amide bonds. The topological polar surface area (TPSA) is 29.1 Å². The van der Waals surface area contributed by atoms with Crippen molar-refractivity contribution in [2.75, 3.05) is 5.32 Å². The molecule has 98 valence electrons. The molecule has 0 unspecified atom stereocenters. The van der Waals surface area contributed by atoms with Gasteiger partial charge in [0, 0.05) is 16.6 Å². The molecule has 2 nitrogen and oxygen atoms in total. The lowest BCUT2D eigenvalue weighted by molar-refractivity contribution is 0.102. The Labute approximate surface area is 122 Å². The molecule has 1 N–H and O–H groups in total. The molecule has 0 atom stereocenters. The number of amides is 1. The van der Waals surface area contributed by atoms with Crippen LogP contribution in [0.1, 0.15) is 27.0 Å². The highest BCUT2D eigenvalue weighted by molar-refractivity contribution is 9.08. The monoisotopic (exact) mass is 317 g/mol. The van der Waals surface area contributed by atoms with E-state index >= 15 is 0 Å². The number of benzene rings is 2. The van der Waals surface area contributed by atoms with Crippen LogP contribution in [0.4, 0.5) is 5.69 Å². The highest BCUT2D eigenvalue weighted by atomic mass is 79.9. The second-order valence-corrected chi connectivity index (χ2v) is 5.22. The first-order chi connectivity index (χ1) is 9.08. The Hall–Kier alpha value is -1.61. The predicted octanol–water partition coefficient (Wildman–Crippen LogP) is 4.45. The van der Waals surface area contributed by atoms with Gasteiger partial charge in [0.25, 0.3) is 5.91 Å². The van der Waals surface area contributed by atoms with Crippen LogP contribution in [-0.2, 0) is 5.33 Å². The second kappa shape index (κ2) is 6.02. The number of halogens is 1. The number of nitrogens with one attached hydrogen (secondary N) is 1. The minimum absolute atomic E-state index is 0.0777. The molecule has 0 aliphatic carbocycles. The van der Waals surface area contributed by atoms with Gasteiger partial charge in [-0.25, -0.2) is 0 Å². The quantitative estimate of drug-likeness (QED) is 0.832. The molecular formula is C16H16BrNO. The fraction of sp³-hybridized carbons (Fsp3) is 0.188. The van der Waals surface area contributed by atoms with E-state index in [2.05, 4.69) is 27.3 Å². The summed E-state index contributed by atoms with van der Waals surface area (Å²) >= 11 is 3.39. The lowest BCUT2D eigenvalue weighted by Crippen LogP contribution is -2.12. The van der Waals surface area contributed by atoms with Crippen LogP contribution in [0.25, 0.3) is 0 Å². The van der Waals surface area contributed by atoms with Gasteiger partial charge >= 0.3 is 0 Å². The molecule has 0 fully saturated rings. The number of carbonyl (C=O) groups is 1. The van der Waals surface area contributed by atoms with Crippen molar-refractivity contribution in [3.05, 3.63) is 64.7 Å². The van der Waals surface area contributed by atoms with Crippen molar-refractivity contribution in [1.29, 1.82) is 0 Å². The first-order valence-corrected chi connectivity index (χ1v) is 7.25. The van der Waals surface area contributed by atoms with Gasteiger partial charge in [-0.1, -0.05) is 34.1 Å². The third-order valence-corrected chi connectivity index (χ3v) is 3.50. The van der Waals surface area contributed by atoms with Crippen LogP contribution in [0.15, 0.2) is 42.5 Å². The van der Waals surface area contributed by atoms with E-state index in [1.807, 2.05) is 50.2 Å². The number of carbonyl (C=O) groups excluding carboxylic acids is 1. The van der Waals surface area contributed by atoms with Crippen LogP contribution in [0.5, 0.6) is 0 Å². The zero-order chi connectivity index (χ0) is 13.8. The number of hydrogen-bond donors (Lipinski definition) is 1. The molecule has 0 bridgehead atoms. The molecule has 0 radical (unpaired) electrons. The molecule has 0 saturated carbocycles. The Morgan fingerprint density at radius 1 is 1.05 bits per heavy atom. The van der Waals surface area contributed by atoms with Crippen molar-refractivity contribution in [1.82, 2.24) is 0 Å². The number of rotatable bonds is 3. The van der Waals surface area contributed by atoms with Crippen LogP contribution in [0.2, 0.25) is 0 Å². The van der Waals surface area contributed by atoms with Gasteiger partial charge in [0.15, 0.2) is 0 Å². The van der Waals surface area contributed by atoms with Crippen LogP contribution >= 0.6 is 15.9 Å². The minimum atomic E-state index is -0.0777. The first-order valence-electron chi connectivity index (χ1n) is 6.13. The highest BCUT2D eigenvalue weighted by Gasteiger charge is 2.06. The van der Waals surface area contributed by atoms with E-state index in [1.54, 1.807) is 0 Å². The molecule has 2 aromatic carbocycles. The summed E-state index contributed by atoms with van der Waals surface area (Å²) < 4.78 is 0. The van der Waals surface area contributed by atoms with Crippen LogP contribution < -0.4 is 5.32 Å². The lowest BCUT2D eigenvalue weighted by Gasteiger charge is -2.08. The molecule has 3 heteroatoms. The van der Waals surface area contributed by atoms with Crippen molar-refractivity contribution in [3.8, 4) is 0 Å². The summed E-state index contributed by atoms with van der Waals surface area (Å²) in [7, 11) is 0. The summed E-state index contributed by atoms with van der Waals surface area (Å²) in [6, 6.07) is 13.6. The maximum atomic E-state index is 12.1. The van der Waals surface area contributed by atoms with E-state index in [0.29, 0.717) is 5.56 Å². The highest BCUT2D eigenvalue weighted by Crippen LogP contribution is 2.15. The molecule has 2 aromatic rings. The SMILES string of the molecule is Cc1cc(C)cc(NC(=O)c2ccc(CBr)cc2)c1. The standard InChI is InChI=1S/C16H16BrNO/c1-11-7-12(2)9-15(8-11)18-16(19)14-5-3-13(10-17)4-6-14/h3-9H,10H2,1-2H3,(H,18,19). The fourth-order valence-electron chi connectivity index (χ4n) is 2.00. The zero-order valence-electron chi connectivity index (χ0n) is 11.0. The number of aryl methyl sites for hydroxylation is 2. The van der Waals surface area contributed by atoms with Crippen LogP contribution in [0, 0.1) is 13.8 Å². The molecule has 0 heterocycles. The van der Waals surface area contributed by atoms with Gasteiger partial charge in [-0.3, -0.25) is 4.79 Å². The Kier molecular flexibility index (Phi) is 4.38. The van der Waals surface area contributed by atoms with E-state index in [0.717, 1.165) is 27.7 Å². The van der Waals surface area contributed by atoms with Crippen molar-refractivity contribution in [2.45, 2.75) is 19.2 Å². The molecule has 0 saturated heterocycles. The van der Waals surface area contributed by atoms with E-state index in [-0.39, 0.29) is 5.91 Å². The summed E-state index contributed by atoms with van der Waals surface area (Å²) in [6.07, 6.45) is 0. The molecule has 2 rings (SSSR count). The Morgan fingerprint density at radius 3 is 2.16 bits per heavy atom. The van der Waals surface area contributed by atoms with Gasteiger partial charge in [0.05, 0.1) is 0 Å². The summed E-state index contributed by atoms with van der Waals surface area (Å²) in [4.78, 5) is 12.1. The number of hydrogen-bond acceptors (Lipinski definition) is 1. The van der Waals surface area contributed by atoms with Crippen LogP contribution in [-0.4, -0.2) is 5.91 Å². The smallest absolute Gasteiger partial charge is 0.255 e. The van der Waals surface area contributed by atoms with Gasteiger partial charge < -0.3 is 5.32 Å². The fourth-order valence-corrected chi connectivity index (χ4v) is 2.37. The predicted molar refractivity (Wildman–Crippen MR) is 82.9 cm³/mol. The Morgan fingerprint density at radius 2 is 1.63 bits per heavy atom. The summed E-state index contributed by atoms with van der Waals surface area (Å²) in [5.41, 5.74) is 4.95. The number of anilines is 1. The zero-order valence-corrected chi connectivity index (χ0v) is 12.6. The largest absolute Gasteiger partial charge is 0.322 e. The summed E-state index contributed by atoms with van der Waals surface area (Å²) in [5.74, 6) is -0.0777. The third kappa shape index (κ3) is 3.67. The van der Waals surface area contributed by atoms with Gasteiger partial charge in [-0.2, -0.15) is 0 Å². The van der Waals surface area contributed by atoms with Crippen molar-refractivity contribution < 1.29 is 4.79 Å². The third-order valence-electron chi connectivity index (χ3n) is 2.85. The molecule has 19 heavy (non-hydrogen) atoms. The normalized spacial score (nSPS) is 10.3. The second-order valence-electron chi connectivity index (χ2n) is 4.66. The summed E-state index contributed by atoms with van der Waals surface area (Å²) in [5, 5.41) is 3.72. The van der Waals surface area contributed by atoms with Gasteiger partial charge in [-0.05, 0) is 54.8 Å². The van der Waals surface area contributed by atoms with Crippen molar-refractivity contribution in [2.24, 2.45) is 0 Å². The van der Waals surface area contributed by atoms with E-state index in [9.17, 15) is 4.79 Å². The van der Waals surface area contributed by atoms with E-state index in [4.69, 9.17) is 0 Å². The molecule has 0 aliphatic rings. The minimum Gasteiger partial charge on any atom is -0.322 e. The number of alkyl halides is 1. The Balaban J connectivity index is 2.15. The van der Waals surface area contributed by atoms with Crippen molar-refractivity contribution >= 4 is 27.5 Å². The maximum absolute atomic E-state index is 12.1. The lowest BCUT2D eigenvalue weighted by atomic mass is 10.1. The van der Waals surface area contributed by atoms with Gasteiger partial charge in [0.1, 0.15) is 0 Å². The first kappa shape index (κ1) is 13.8. The van der Waals surface area contributed by atoms with E-state index in [1.165, 1.54) is 0 Å². The molecule has 0 aromatic heterocycles. The molecule has 0 aliphatic heterocycles. The molecule has 0 spiro atoms. The van der Waals surface area contributed by atoms with Crippen LogP contribution in [0.3, 0.4) is 0 Å². The Bertz CT molecular complexity index is 570. The summed E-state index contributed by atoms with van der Waals surface area (Å²) in [6.45, 7) is 4.04. The molecular weight excluding hydrogens is 302 g/mol. The average molecular weight is 318 g/mol. The van der Waals surface area contributed by atoms with Gasteiger partial charge in [-0.15, -0.1) is 0 Å². The maximum Gasteiger partial charge on any atom is 0.255 e. The average Bonchev–Trinajstić information content (AvgIpc) is 2.37. The van der Waals surface area contributed by atoms with Crippen molar-refractivity contribution in [3.63, 3.8) is 0 Å². The van der Waals surface area contributed by atoms with Gasteiger partial charge in [0.2, 0.25) is 0 Å². The van der Waals surface area contributed by atoms with E-state index < -0.39 is 0 Å².